The first kappa shape index (κ1) is 14.2. The molecule has 1 atom stereocenters. The van der Waals surface area contributed by atoms with Crippen molar-refractivity contribution in [3.8, 4) is 0 Å². The molecule has 1 aliphatic rings. The third kappa shape index (κ3) is 3.68. The molecule has 7 nitrogen and oxygen atoms in total. The van der Waals surface area contributed by atoms with Crippen molar-refractivity contribution in [1.29, 1.82) is 0 Å². The number of imidazole rings is 1. The highest BCUT2D eigenvalue weighted by molar-refractivity contribution is 4.98. The van der Waals surface area contributed by atoms with Gasteiger partial charge in [-0.2, -0.15) is 0 Å². The van der Waals surface area contributed by atoms with Gasteiger partial charge in [0.1, 0.15) is 11.5 Å². The van der Waals surface area contributed by atoms with Crippen LogP contribution in [0, 0.1) is 12.8 Å². The molecule has 0 aliphatic carbocycles. The molecule has 3 rings (SSSR count). The van der Waals surface area contributed by atoms with Gasteiger partial charge in [-0.05, 0) is 32.2 Å². The maximum atomic E-state index is 9.03. The Morgan fingerprint density at radius 2 is 2.38 bits per heavy atom. The van der Waals surface area contributed by atoms with Crippen LogP contribution in [-0.2, 0) is 19.7 Å². The molecule has 1 aliphatic heterocycles. The van der Waals surface area contributed by atoms with Gasteiger partial charge in [0.15, 0.2) is 0 Å². The largest absolute Gasteiger partial charge is 0.390 e. The normalized spacial score (nSPS) is 20.0. The Balaban J connectivity index is 1.55. The van der Waals surface area contributed by atoms with Crippen molar-refractivity contribution in [2.45, 2.75) is 39.5 Å². The third-order valence-corrected chi connectivity index (χ3v) is 3.93. The highest BCUT2D eigenvalue weighted by Gasteiger charge is 2.21. The Hall–Kier alpha value is -1.73. The van der Waals surface area contributed by atoms with Gasteiger partial charge in [0, 0.05) is 25.0 Å². The van der Waals surface area contributed by atoms with Crippen LogP contribution >= 0.6 is 0 Å². The average molecular weight is 290 g/mol. The van der Waals surface area contributed by atoms with E-state index in [2.05, 4.69) is 25.2 Å². The van der Waals surface area contributed by atoms with Gasteiger partial charge in [0.2, 0.25) is 0 Å². The number of aromatic amines is 1. The molecule has 3 heterocycles. The van der Waals surface area contributed by atoms with E-state index in [1.807, 2.05) is 24.0 Å². The number of likely N-dealkylation sites (tertiary alicyclic amines) is 1. The van der Waals surface area contributed by atoms with Gasteiger partial charge >= 0.3 is 0 Å². The molecular formula is C14H22N6O. The summed E-state index contributed by atoms with van der Waals surface area (Å²) in [4.78, 5) is 10.1. The molecular weight excluding hydrogens is 268 g/mol. The molecule has 0 amide bonds. The first-order valence-corrected chi connectivity index (χ1v) is 7.45. The van der Waals surface area contributed by atoms with E-state index < -0.39 is 0 Å². The van der Waals surface area contributed by atoms with Crippen molar-refractivity contribution in [3.05, 3.63) is 29.6 Å². The molecule has 2 N–H and O–H groups in total. The van der Waals surface area contributed by atoms with Crippen molar-refractivity contribution in [2.75, 3.05) is 13.1 Å². The number of nitrogens with one attached hydrogen (secondary N) is 1. The van der Waals surface area contributed by atoms with Crippen molar-refractivity contribution < 1.29 is 5.11 Å². The van der Waals surface area contributed by atoms with Crippen LogP contribution in [0.25, 0.3) is 0 Å². The fourth-order valence-corrected chi connectivity index (χ4v) is 2.97. The van der Waals surface area contributed by atoms with E-state index in [4.69, 9.17) is 5.11 Å². The standard InChI is InChI=1S/C14H22N6O/c1-11-5-15-14(16-11)9-19-4-2-3-12(6-19)7-20-8-13(10-21)17-18-20/h5,8,12,21H,2-4,6-7,9-10H2,1H3,(H,15,16)/t12-/m1/s1. The number of nitrogens with zero attached hydrogens (tertiary/aromatic N) is 5. The van der Waals surface area contributed by atoms with Crippen LogP contribution in [-0.4, -0.2) is 48.1 Å². The second-order valence-corrected chi connectivity index (χ2v) is 5.85. The number of hydrogen-bond acceptors (Lipinski definition) is 5. The lowest BCUT2D eigenvalue weighted by Gasteiger charge is -2.31. The minimum absolute atomic E-state index is 0.0470. The van der Waals surface area contributed by atoms with E-state index in [0.29, 0.717) is 11.6 Å². The minimum atomic E-state index is -0.0470. The molecule has 2 aromatic rings. The maximum Gasteiger partial charge on any atom is 0.120 e. The summed E-state index contributed by atoms with van der Waals surface area (Å²) >= 11 is 0. The molecule has 0 aromatic carbocycles. The number of rotatable bonds is 5. The van der Waals surface area contributed by atoms with Crippen LogP contribution in [0.15, 0.2) is 12.4 Å². The van der Waals surface area contributed by atoms with E-state index in [0.717, 1.165) is 37.7 Å². The van der Waals surface area contributed by atoms with Gasteiger partial charge in [-0.1, -0.05) is 5.21 Å². The molecule has 0 unspecified atom stereocenters. The lowest BCUT2D eigenvalue weighted by molar-refractivity contribution is 0.150. The number of aryl methyl sites for hydroxylation is 1. The summed E-state index contributed by atoms with van der Waals surface area (Å²) in [5, 5.41) is 17.0. The fourth-order valence-electron chi connectivity index (χ4n) is 2.97. The first-order valence-electron chi connectivity index (χ1n) is 7.45. The number of aliphatic hydroxyl groups excluding tert-OH is 1. The Bertz CT molecular complexity index is 578. The predicted molar refractivity (Wildman–Crippen MR) is 77.3 cm³/mol. The summed E-state index contributed by atoms with van der Waals surface area (Å²) in [5.41, 5.74) is 1.74. The Morgan fingerprint density at radius 1 is 1.48 bits per heavy atom. The molecule has 1 saturated heterocycles. The molecule has 0 radical (unpaired) electrons. The number of H-pyrrole nitrogens is 1. The topological polar surface area (TPSA) is 82.9 Å². The van der Waals surface area contributed by atoms with E-state index in [1.54, 1.807) is 0 Å². The summed E-state index contributed by atoms with van der Waals surface area (Å²) in [6.45, 7) is 5.89. The molecule has 7 heteroatoms. The Kier molecular flexibility index (Phi) is 4.31. The molecule has 0 bridgehead atoms. The quantitative estimate of drug-likeness (QED) is 0.847. The lowest BCUT2D eigenvalue weighted by Crippen LogP contribution is -2.36. The summed E-state index contributed by atoms with van der Waals surface area (Å²) in [7, 11) is 0. The number of aromatic nitrogens is 5. The highest BCUT2D eigenvalue weighted by Crippen LogP contribution is 2.19. The summed E-state index contributed by atoms with van der Waals surface area (Å²) < 4.78 is 1.84. The summed E-state index contributed by atoms with van der Waals surface area (Å²) in [6.07, 6.45) is 6.12. The van der Waals surface area contributed by atoms with E-state index in [-0.39, 0.29) is 6.61 Å². The lowest BCUT2D eigenvalue weighted by atomic mass is 9.98. The van der Waals surface area contributed by atoms with Gasteiger partial charge in [0.05, 0.1) is 19.3 Å². The van der Waals surface area contributed by atoms with E-state index >= 15 is 0 Å². The van der Waals surface area contributed by atoms with Crippen molar-refractivity contribution in [2.24, 2.45) is 5.92 Å². The van der Waals surface area contributed by atoms with Gasteiger partial charge in [0.25, 0.3) is 0 Å². The zero-order valence-corrected chi connectivity index (χ0v) is 12.4. The summed E-state index contributed by atoms with van der Waals surface area (Å²) in [5.74, 6) is 1.61. The van der Waals surface area contributed by atoms with Crippen LogP contribution < -0.4 is 0 Å². The molecule has 1 fully saturated rings. The molecule has 2 aromatic heterocycles. The minimum Gasteiger partial charge on any atom is -0.390 e. The van der Waals surface area contributed by atoms with Gasteiger partial charge in [-0.3, -0.25) is 9.58 Å². The summed E-state index contributed by atoms with van der Waals surface area (Å²) in [6, 6.07) is 0. The first-order chi connectivity index (χ1) is 10.2. The van der Waals surface area contributed by atoms with Crippen LogP contribution in [0.5, 0.6) is 0 Å². The second-order valence-electron chi connectivity index (χ2n) is 5.85. The van der Waals surface area contributed by atoms with Crippen LogP contribution in [0.2, 0.25) is 0 Å². The zero-order chi connectivity index (χ0) is 14.7. The van der Waals surface area contributed by atoms with Crippen LogP contribution in [0.4, 0.5) is 0 Å². The Morgan fingerprint density at radius 3 is 3.10 bits per heavy atom. The smallest absolute Gasteiger partial charge is 0.120 e. The predicted octanol–water partition coefficient (Wildman–Crippen LogP) is 0.714. The maximum absolute atomic E-state index is 9.03. The SMILES string of the molecule is Cc1cnc(CN2CCC[C@@H](Cn3cc(CO)nn3)C2)[nH]1. The van der Waals surface area contributed by atoms with Gasteiger partial charge in [-0.15, -0.1) is 5.10 Å². The molecule has 0 saturated carbocycles. The van der Waals surface area contributed by atoms with E-state index in [1.165, 1.54) is 12.8 Å². The molecule has 0 spiro atoms. The van der Waals surface area contributed by atoms with Crippen molar-refractivity contribution in [1.82, 2.24) is 29.9 Å². The van der Waals surface area contributed by atoms with Gasteiger partial charge < -0.3 is 10.1 Å². The number of hydrogen-bond donors (Lipinski definition) is 2. The molecule has 21 heavy (non-hydrogen) atoms. The monoisotopic (exact) mass is 290 g/mol. The highest BCUT2D eigenvalue weighted by atomic mass is 16.3. The van der Waals surface area contributed by atoms with Gasteiger partial charge in [-0.25, -0.2) is 4.98 Å². The Labute approximate surface area is 124 Å². The van der Waals surface area contributed by atoms with Crippen LogP contribution in [0.1, 0.15) is 30.1 Å². The van der Waals surface area contributed by atoms with E-state index in [9.17, 15) is 0 Å². The van der Waals surface area contributed by atoms with Crippen molar-refractivity contribution in [3.63, 3.8) is 0 Å². The average Bonchev–Trinajstić information content (AvgIpc) is 3.08. The third-order valence-electron chi connectivity index (χ3n) is 3.93. The zero-order valence-electron chi connectivity index (χ0n) is 12.4. The number of aliphatic hydroxyl groups is 1. The second kappa shape index (κ2) is 6.36. The molecule has 114 valence electrons. The fraction of sp³-hybridized carbons (Fsp3) is 0.643. The van der Waals surface area contributed by atoms with Crippen molar-refractivity contribution >= 4 is 0 Å². The number of piperidine rings is 1. The van der Waals surface area contributed by atoms with Crippen LogP contribution in [0.3, 0.4) is 0 Å².